The molecule has 0 fully saturated rings. The molecule has 0 saturated heterocycles. The number of benzene rings is 3. The smallest absolute Gasteiger partial charge is 0.285 e. The van der Waals surface area contributed by atoms with E-state index in [-0.39, 0.29) is 36.4 Å². The van der Waals surface area contributed by atoms with Crippen molar-refractivity contribution in [2.45, 2.75) is 10.8 Å². The average molecular weight is 610 g/mol. The molecule has 0 aromatic heterocycles. The number of hydrogen-bond acceptors (Lipinski definition) is 5. The van der Waals surface area contributed by atoms with Crippen LogP contribution in [0.4, 0.5) is 0 Å². The van der Waals surface area contributed by atoms with E-state index in [9.17, 15) is 16.8 Å². The van der Waals surface area contributed by atoms with Gasteiger partial charge < -0.3 is 4.90 Å². The third-order valence-corrected chi connectivity index (χ3v) is 8.27. The van der Waals surface area contributed by atoms with Gasteiger partial charge in [0.1, 0.15) is 0 Å². The van der Waals surface area contributed by atoms with Gasteiger partial charge in [-0.2, -0.15) is 21.9 Å². The van der Waals surface area contributed by atoms with Crippen molar-refractivity contribution in [1.82, 2.24) is 14.6 Å². The Bertz CT molecular complexity index is 1580. The predicted molar refractivity (Wildman–Crippen MR) is 154 cm³/mol. The van der Waals surface area contributed by atoms with Crippen molar-refractivity contribution >= 4 is 55.1 Å². The maximum Gasteiger partial charge on any atom is 0.285 e. The second-order valence-corrected chi connectivity index (χ2v) is 12.6. The Kier molecular flexibility index (Phi) is 8.94. The molecule has 1 atom stereocenters. The SMILES string of the molecule is CN(CCNS(N)(=O)=O)C(=NS(=O)(=O)c1ccc(Cl)cc1)N1C[C@@H](c2ccccc2)C(c2ccc(Cl)cc2)=N1. The minimum absolute atomic E-state index is 0.00561. The van der Waals surface area contributed by atoms with E-state index in [4.69, 9.17) is 33.4 Å². The van der Waals surface area contributed by atoms with E-state index < -0.39 is 20.2 Å². The van der Waals surface area contributed by atoms with Gasteiger partial charge in [-0.25, -0.2) is 14.9 Å². The quantitative estimate of drug-likeness (QED) is 0.297. The third kappa shape index (κ3) is 7.56. The molecule has 0 amide bonds. The lowest BCUT2D eigenvalue weighted by molar-refractivity contribution is 0.375. The topological polar surface area (TPSA) is 138 Å². The normalized spacial score (nSPS) is 16.3. The van der Waals surface area contributed by atoms with Crippen molar-refractivity contribution in [2.24, 2.45) is 14.6 Å². The fraction of sp³-hybridized carbons (Fsp3) is 0.200. The summed E-state index contributed by atoms with van der Waals surface area (Å²) in [5.74, 6) is -0.210. The molecule has 206 valence electrons. The number of nitrogens with two attached hydrogens (primary N) is 1. The summed E-state index contributed by atoms with van der Waals surface area (Å²) in [4.78, 5) is 1.45. The van der Waals surface area contributed by atoms with Crippen molar-refractivity contribution in [3.63, 3.8) is 0 Å². The highest BCUT2D eigenvalue weighted by Crippen LogP contribution is 2.30. The van der Waals surface area contributed by atoms with Gasteiger partial charge in [-0.05, 0) is 47.5 Å². The number of likely N-dealkylation sites (N-methyl/N-ethyl adjacent to an activating group) is 1. The van der Waals surface area contributed by atoms with Crippen molar-refractivity contribution in [3.05, 3.63) is 100 Å². The van der Waals surface area contributed by atoms with Gasteiger partial charge in [0.15, 0.2) is 0 Å². The molecule has 0 saturated carbocycles. The van der Waals surface area contributed by atoms with E-state index in [0.717, 1.165) is 11.1 Å². The third-order valence-electron chi connectivity index (χ3n) is 5.89. The fourth-order valence-corrected chi connectivity index (χ4v) is 5.65. The zero-order valence-corrected chi connectivity index (χ0v) is 23.9. The minimum Gasteiger partial charge on any atom is -0.342 e. The van der Waals surface area contributed by atoms with E-state index in [1.165, 1.54) is 34.2 Å². The van der Waals surface area contributed by atoms with Crippen LogP contribution in [-0.4, -0.2) is 65.1 Å². The molecule has 1 aliphatic rings. The van der Waals surface area contributed by atoms with Crippen LogP contribution in [0.2, 0.25) is 10.0 Å². The van der Waals surface area contributed by atoms with Gasteiger partial charge in [-0.15, -0.1) is 4.40 Å². The molecule has 0 radical (unpaired) electrons. The van der Waals surface area contributed by atoms with Crippen LogP contribution < -0.4 is 9.86 Å². The maximum absolute atomic E-state index is 13.3. The summed E-state index contributed by atoms with van der Waals surface area (Å²) in [6.07, 6.45) is 0. The summed E-state index contributed by atoms with van der Waals surface area (Å²) in [5, 5.41) is 12.3. The van der Waals surface area contributed by atoms with Crippen molar-refractivity contribution < 1.29 is 16.8 Å². The van der Waals surface area contributed by atoms with Crippen LogP contribution >= 0.6 is 23.2 Å². The summed E-state index contributed by atoms with van der Waals surface area (Å²) in [7, 11) is -6.53. The number of sulfonamides is 1. The van der Waals surface area contributed by atoms with Gasteiger partial charge in [-0.3, -0.25) is 0 Å². The minimum atomic E-state index is -4.19. The molecule has 3 aromatic rings. The van der Waals surface area contributed by atoms with Crippen LogP contribution in [0.5, 0.6) is 0 Å². The van der Waals surface area contributed by atoms with E-state index in [1.807, 2.05) is 42.5 Å². The van der Waals surface area contributed by atoms with Crippen LogP contribution in [0.1, 0.15) is 17.0 Å². The number of halogens is 2. The summed E-state index contributed by atoms with van der Waals surface area (Å²) in [6.45, 7) is 0.257. The zero-order valence-electron chi connectivity index (χ0n) is 20.8. The van der Waals surface area contributed by atoms with Gasteiger partial charge >= 0.3 is 0 Å². The number of guanidine groups is 1. The largest absolute Gasteiger partial charge is 0.342 e. The maximum atomic E-state index is 13.3. The van der Waals surface area contributed by atoms with Crippen molar-refractivity contribution in [1.29, 1.82) is 0 Å². The molecule has 0 aliphatic carbocycles. The lowest BCUT2D eigenvalue weighted by Crippen LogP contribution is -2.44. The Morgan fingerprint density at radius 2 is 1.59 bits per heavy atom. The van der Waals surface area contributed by atoms with Crippen LogP contribution in [0, 0.1) is 0 Å². The zero-order chi connectivity index (χ0) is 28.2. The molecule has 3 aromatic carbocycles. The van der Waals surface area contributed by atoms with Crippen molar-refractivity contribution in [3.8, 4) is 0 Å². The van der Waals surface area contributed by atoms with Crippen LogP contribution in [-0.2, 0) is 20.2 Å². The molecule has 1 aliphatic heterocycles. The van der Waals surface area contributed by atoms with Crippen LogP contribution in [0.25, 0.3) is 0 Å². The first-order valence-electron chi connectivity index (χ1n) is 11.7. The summed E-state index contributed by atoms with van der Waals surface area (Å²) in [6, 6.07) is 22.6. The van der Waals surface area contributed by atoms with E-state index >= 15 is 0 Å². The molecule has 0 spiro atoms. The highest BCUT2D eigenvalue weighted by Gasteiger charge is 2.34. The Balaban J connectivity index is 1.77. The molecule has 4 rings (SSSR count). The van der Waals surface area contributed by atoms with Gasteiger partial charge in [-0.1, -0.05) is 65.7 Å². The molecule has 0 unspecified atom stereocenters. The number of hydrogen-bond donors (Lipinski definition) is 2. The monoisotopic (exact) mass is 608 g/mol. The van der Waals surface area contributed by atoms with E-state index in [1.54, 1.807) is 19.2 Å². The summed E-state index contributed by atoms with van der Waals surface area (Å²) in [5.41, 5.74) is 2.49. The fourth-order valence-electron chi connectivity index (χ4n) is 3.99. The Labute approximate surface area is 238 Å². The molecule has 39 heavy (non-hydrogen) atoms. The Hall–Kier alpha value is -3.00. The molecule has 14 heteroatoms. The average Bonchev–Trinajstić information content (AvgIpc) is 3.33. The van der Waals surface area contributed by atoms with E-state index in [2.05, 4.69) is 9.12 Å². The second kappa shape index (κ2) is 12.0. The van der Waals surface area contributed by atoms with Gasteiger partial charge in [0.25, 0.3) is 20.2 Å². The first-order valence-corrected chi connectivity index (χ1v) is 15.4. The van der Waals surface area contributed by atoms with Gasteiger partial charge in [0, 0.05) is 36.1 Å². The molecule has 1 heterocycles. The molecule has 10 nitrogen and oxygen atoms in total. The molecule has 3 N–H and O–H groups in total. The standard InChI is InChI=1S/C25H26Cl2N6O4S2/c1-32(16-15-29-39(28,36)37)25(31-38(34,35)22-13-11-21(27)12-14-22)33-17-23(18-5-3-2-4-6-18)24(30-33)19-7-9-20(26)10-8-19/h2-14,23,29H,15-17H2,1H3,(H2,28,36,37)/t23-/m0/s1. The predicted octanol–water partition coefficient (Wildman–Crippen LogP) is 3.27. The molecular formula is C25H26Cl2N6O4S2. The first-order chi connectivity index (χ1) is 18.4. The number of nitrogens with zero attached hydrogens (tertiary/aromatic N) is 4. The van der Waals surface area contributed by atoms with Crippen molar-refractivity contribution in [2.75, 3.05) is 26.7 Å². The Morgan fingerprint density at radius 1 is 1.00 bits per heavy atom. The lowest BCUT2D eigenvalue weighted by Gasteiger charge is -2.26. The molecule has 0 bridgehead atoms. The number of rotatable bonds is 8. The highest BCUT2D eigenvalue weighted by atomic mass is 35.5. The first kappa shape index (κ1) is 29.0. The highest BCUT2D eigenvalue weighted by molar-refractivity contribution is 7.90. The molecular weight excluding hydrogens is 583 g/mol. The van der Waals surface area contributed by atoms with Crippen LogP contribution in [0.3, 0.4) is 0 Å². The summed E-state index contributed by atoms with van der Waals surface area (Å²) >= 11 is 12.0. The lowest BCUT2D eigenvalue weighted by atomic mass is 9.91. The van der Waals surface area contributed by atoms with Crippen LogP contribution in [0.15, 0.2) is 93.3 Å². The van der Waals surface area contributed by atoms with Gasteiger partial charge in [0.2, 0.25) is 5.96 Å². The number of hydrazone groups is 1. The van der Waals surface area contributed by atoms with Gasteiger partial charge in [0.05, 0.1) is 17.2 Å². The number of nitrogens with one attached hydrogen (secondary N) is 1. The Morgan fingerprint density at radius 3 is 2.18 bits per heavy atom. The van der Waals surface area contributed by atoms with E-state index in [0.29, 0.717) is 15.8 Å². The summed E-state index contributed by atoms with van der Waals surface area (Å²) < 4.78 is 55.7. The second-order valence-electron chi connectivity index (χ2n) is 8.72.